The predicted octanol–water partition coefficient (Wildman–Crippen LogP) is 7.97. The number of piperazine rings is 1. The first-order valence-corrected chi connectivity index (χ1v) is 16.1. The van der Waals surface area contributed by atoms with E-state index < -0.39 is 12.0 Å². The smallest absolute Gasteiger partial charge is 0.246 e. The highest BCUT2D eigenvalue weighted by Gasteiger charge is 2.41. The van der Waals surface area contributed by atoms with Crippen LogP contribution in [0.2, 0.25) is 25.1 Å². The molecule has 14 heteroatoms. The van der Waals surface area contributed by atoms with Crippen LogP contribution in [0.4, 0.5) is 11.5 Å². The molecule has 2 aliphatic heterocycles. The van der Waals surface area contributed by atoms with E-state index in [0.717, 1.165) is 5.56 Å². The van der Waals surface area contributed by atoms with Crippen LogP contribution in [0, 0.1) is 18.3 Å². The highest BCUT2D eigenvalue weighted by molar-refractivity contribution is 6.53. The Morgan fingerprint density at radius 3 is 2.43 bits per heavy atom. The summed E-state index contributed by atoms with van der Waals surface area (Å²) in [6.45, 7) is 12.4. The van der Waals surface area contributed by atoms with Crippen LogP contribution >= 0.6 is 58.0 Å². The lowest BCUT2D eigenvalue weighted by molar-refractivity contribution is -0.129. The van der Waals surface area contributed by atoms with E-state index in [-0.39, 0.29) is 65.6 Å². The number of aliphatic hydroxyl groups excluding tert-OH is 1. The number of fused-ring (bicyclic) bond motifs is 1. The molecule has 2 aliphatic rings. The molecule has 3 aromatic rings. The van der Waals surface area contributed by atoms with Gasteiger partial charge >= 0.3 is 0 Å². The number of pyridine rings is 2. The maximum atomic E-state index is 12.5. The summed E-state index contributed by atoms with van der Waals surface area (Å²) in [5.41, 5.74) is 2.85. The number of aliphatic hydroxyl groups is 1. The number of nitriles is 1. The maximum absolute atomic E-state index is 12.5. The van der Waals surface area contributed by atoms with Crippen molar-refractivity contribution in [3.63, 3.8) is 0 Å². The fraction of sp³-hybridized carbons (Fsp3) is 0.312. The SMILES string of the molecule is C=CC(=O)N1CCN(C2=C(C#N)C(O)N(c3c(C)ccnc3C(C)C)c3nc(-c4c(O)c(Cl)c(Cl)c(Cl)c4Cl)c(Cl)cc32)C[C@H]1C. The number of halogens is 5. The molecule has 2 atom stereocenters. The van der Waals surface area contributed by atoms with E-state index in [2.05, 4.69) is 17.6 Å². The molecule has 1 saturated heterocycles. The van der Waals surface area contributed by atoms with Crippen molar-refractivity contribution in [3.05, 3.63) is 78.5 Å². The van der Waals surface area contributed by atoms with Gasteiger partial charge in [0.1, 0.15) is 28.2 Å². The lowest BCUT2D eigenvalue weighted by atomic mass is 9.94. The van der Waals surface area contributed by atoms with Crippen molar-refractivity contribution in [2.24, 2.45) is 0 Å². The van der Waals surface area contributed by atoms with E-state index >= 15 is 0 Å². The molecule has 0 aliphatic carbocycles. The third-order valence-electron chi connectivity index (χ3n) is 8.14. The molecule has 46 heavy (non-hydrogen) atoms. The van der Waals surface area contributed by atoms with E-state index in [9.17, 15) is 20.3 Å². The topological polar surface area (TPSA) is 117 Å². The Morgan fingerprint density at radius 2 is 1.83 bits per heavy atom. The average Bonchev–Trinajstić information content (AvgIpc) is 3.02. The van der Waals surface area contributed by atoms with Gasteiger partial charge in [-0.25, -0.2) is 4.98 Å². The van der Waals surface area contributed by atoms with Crippen LogP contribution in [0.25, 0.3) is 17.0 Å². The van der Waals surface area contributed by atoms with Crippen molar-refractivity contribution in [2.45, 2.75) is 45.9 Å². The van der Waals surface area contributed by atoms with Gasteiger partial charge in [-0.05, 0) is 43.5 Å². The molecule has 1 aromatic carbocycles. The monoisotopic (exact) mass is 720 g/mol. The lowest BCUT2D eigenvalue weighted by Crippen LogP contribution is -2.54. The minimum absolute atomic E-state index is 0.0164. The van der Waals surface area contributed by atoms with Gasteiger partial charge in [-0.3, -0.25) is 14.7 Å². The van der Waals surface area contributed by atoms with Gasteiger partial charge in [0, 0.05) is 37.4 Å². The zero-order valence-electron chi connectivity index (χ0n) is 25.2. The standard InChI is InChI=1S/C32H29Cl5N6O3/c1-6-20(44)42-10-9-41(13-16(42)5)29-17-11-19(33)27(21-22(34)23(35)24(36)25(37)30(21)45)40-31(17)43(32(46)18(29)12-38)28-15(4)7-8-39-26(28)14(2)3/h6-8,11,14,16,32,45-46H,1,9-10,13H2,2-5H3/t16-,32?/m1/s1. The zero-order chi connectivity index (χ0) is 33.8. The summed E-state index contributed by atoms with van der Waals surface area (Å²) in [6.07, 6.45) is 1.45. The Kier molecular flexibility index (Phi) is 9.72. The minimum Gasteiger partial charge on any atom is -0.506 e. The molecule has 0 bridgehead atoms. The van der Waals surface area contributed by atoms with E-state index in [1.54, 1.807) is 28.1 Å². The second-order valence-corrected chi connectivity index (χ2v) is 13.3. The predicted molar refractivity (Wildman–Crippen MR) is 183 cm³/mol. The number of benzene rings is 1. The number of carbonyl (C=O) groups is 1. The number of rotatable bonds is 5. The third-order valence-corrected chi connectivity index (χ3v) is 10.2. The van der Waals surface area contributed by atoms with Gasteiger partial charge in [0.25, 0.3) is 0 Å². The van der Waals surface area contributed by atoms with E-state index in [1.165, 1.54) is 6.08 Å². The summed E-state index contributed by atoms with van der Waals surface area (Å²) in [4.78, 5) is 27.2. The third kappa shape index (κ3) is 5.55. The molecule has 9 nitrogen and oxygen atoms in total. The number of nitrogens with zero attached hydrogens (tertiary/aromatic N) is 6. The number of hydrogen-bond acceptors (Lipinski definition) is 8. The summed E-state index contributed by atoms with van der Waals surface area (Å²) in [5, 5.41) is 33.1. The molecular weight excluding hydrogens is 694 g/mol. The highest BCUT2D eigenvalue weighted by atomic mass is 35.5. The first-order valence-electron chi connectivity index (χ1n) is 14.3. The number of carbonyl (C=O) groups excluding carboxylic acids is 1. The van der Waals surface area contributed by atoms with Gasteiger partial charge < -0.3 is 20.0 Å². The Balaban J connectivity index is 1.83. The van der Waals surface area contributed by atoms with Crippen LogP contribution in [-0.4, -0.2) is 67.8 Å². The Bertz CT molecular complexity index is 1830. The normalized spacial score (nSPS) is 18.2. The molecular formula is C32H29Cl5N6O3. The zero-order valence-corrected chi connectivity index (χ0v) is 29.0. The largest absolute Gasteiger partial charge is 0.506 e. The molecule has 2 N–H and O–H groups in total. The van der Waals surface area contributed by atoms with Gasteiger partial charge in [-0.1, -0.05) is 78.4 Å². The van der Waals surface area contributed by atoms with Gasteiger partial charge in [-0.2, -0.15) is 5.26 Å². The van der Waals surface area contributed by atoms with Gasteiger partial charge in [0.05, 0.1) is 48.4 Å². The number of aromatic nitrogens is 2. The molecule has 240 valence electrons. The van der Waals surface area contributed by atoms with Crippen LogP contribution in [0.5, 0.6) is 5.75 Å². The number of phenols is 1. The number of phenolic OH excluding ortho intramolecular Hbond substituents is 1. The molecule has 0 radical (unpaired) electrons. The molecule has 1 unspecified atom stereocenters. The van der Waals surface area contributed by atoms with Crippen LogP contribution in [-0.2, 0) is 4.79 Å². The van der Waals surface area contributed by atoms with Crippen molar-refractivity contribution in [1.29, 1.82) is 5.26 Å². The quantitative estimate of drug-likeness (QED) is 0.155. The molecule has 1 fully saturated rings. The minimum atomic E-state index is -1.50. The first-order chi connectivity index (χ1) is 21.7. The van der Waals surface area contributed by atoms with Crippen molar-refractivity contribution in [2.75, 3.05) is 24.5 Å². The number of anilines is 2. The number of aromatic hydroxyl groups is 1. The molecule has 0 saturated carbocycles. The van der Waals surface area contributed by atoms with Crippen LogP contribution < -0.4 is 4.90 Å². The van der Waals surface area contributed by atoms with Crippen LogP contribution in [0.15, 0.2) is 36.6 Å². The fourth-order valence-electron chi connectivity index (χ4n) is 5.95. The fourth-order valence-corrected chi connectivity index (χ4v) is 7.13. The van der Waals surface area contributed by atoms with Gasteiger partial charge in [0.15, 0.2) is 6.23 Å². The molecule has 0 spiro atoms. The summed E-state index contributed by atoms with van der Waals surface area (Å²) in [7, 11) is 0. The van der Waals surface area contributed by atoms with Gasteiger partial charge in [-0.15, -0.1) is 0 Å². The van der Waals surface area contributed by atoms with E-state index in [1.807, 2.05) is 32.6 Å². The number of hydrogen-bond donors (Lipinski definition) is 2. The van der Waals surface area contributed by atoms with Crippen LogP contribution in [0.1, 0.15) is 43.5 Å². The first kappa shape index (κ1) is 34.1. The molecule has 5 rings (SSSR count). The summed E-state index contributed by atoms with van der Waals surface area (Å²) < 4.78 is 0. The average molecular weight is 723 g/mol. The number of aryl methyl sites for hydroxylation is 1. The van der Waals surface area contributed by atoms with Crippen molar-refractivity contribution in [3.8, 4) is 23.1 Å². The summed E-state index contributed by atoms with van der Waals surface area (Å²) in [5.74, 6) is -0.536. The van der Waals surface area contributed by atoms with Crippen molar-refractivity contribution in [1.82, 2.24) is 19.8 Å². The molecule has 4 heterocycles. The Hall–Kier alpha value is -3.23. The van der Waals surface area contributed by atoms with Crippen LogP contribution in [0.3, 0.4) is 0 Å². The number of amides is 1. The van der Waals surface area contributed by atoms with E-state index in [0.29, 0.717) is 42.3 Å². The second kappa shape index (κ2) is 13.1. The second-order valence-electron chi connectivity index (χ2n) is 11.3. The summed E-state index contributed by atoms with van der Waals surface area (Å²) in [6, 6.07) is 5.38. The van der Waals surface area contributed by atoms with Gasteiger partial charge in [0.2, 0.25) is 5.91 Å². The van der Waals surface area contributed by atoms with Crippen molar-refractivity contribution >= 4 is 81.1 Å². The lowest BCUT2D eigenvalue weighted by Gasteiger charge is -2.45. The molecule has 1 amide bonds. The highest BCUT2D eigenvalue weighted by Crippen LogP contribution is 2.53. The maximum Gasteiger partial charge on any atom is 0.246 e. The van der Waals surface area contributed by atoms with Crippen molar-refractivity contribution < 1.29 is 15.0 Å². The Labute approximate surface area is 291 Å². The van der Waals surface area contributed by atoms with E-state index in [4.69, 9.17) is 63.0 Å². The Morgan fingerprint density at radius 1 is 1.15 bits per heavy atom. The summed E-state index contributed by atoms with van der Waals surface area (Å²) >= 11 is 32.4. The molecule has 2 aromatic heterocycles.